The fourth-order valence-electron chi connectivity index (χ4n) is 5.58. The number of furan rings is 1. The number of rotatable bonds is 7. The zero-order valence-corrected chi connectivity index (χ0v) is 20.4. The van der Waals surface area contributed by atoms with Gasteiger partial charge in [-0.2, -0.15) is 0 Å². The lowest BCUT2D eigenvalue weighted by Gasteiger charge is -2.28. The van der Waals surface area contributed by atoms with E-state index in [0.29, 0.717) is 6.54 Å². The minimum absolute atomic E-state index is 0.0436. The van der Waals surface area contributed by atoms with Crippen LogP contribution >= 0.6 is 0 Å². The molecular formula is C24H32N2O5S2. The van der Waals surface area contributed by atoms with E-state index < -0.39 is 31.0 Å². The third-order valence-electron chi connectivity index (χ3n) is 7.37. The largest absolute Gasteiger partial charge is 0.468 e. The number of nitrogens with one attached hydrogen (secondary N) is 1. The van der Waals surface area contributed by atoms with Crippen LogP contribution in [-0.4, -0.2) is 64.2 Å². The molecule has 3 heterocycles. The van der Waals surface area contributed by atoms with E-state index in [2.05, 4.69) is 10.2 Å². The molecule has 3 atom stereocenters. The van der Waals surface area contributed by atoms with Crippen molar-refractivity contribution in [3.05, 3.63) is 53.5 Å². The lowest BCUT2D eigenvalue weighted by atomic mass is 9.92. The van der Waals surface area contributed by atoms with Gasteiger partial charge < -0.3 is 9.73 Å². The Morgan fingerprint density at radius 2 is 1.79 bits per heavy atom. The lowest BCUT2D eigenvalue weighted by Crippen LogP contribution is -2.46. The van der Waals surface area contributed by atoms with E-state index in [1.165, 1.54) is 5.56 Å². The van der Waals surface area contributed by atoms with Crippen LogP contribution in [0.3, 0.4) is 0 Å². The molecule has 7 nitrogen and oxygen atoms in total. The second-order valence-electron chi connectivity index (χ2n) is 9.59. The van der Waals surface area contributed by atoms with Crippen LogP contribution < -0.4 is 5.32 Å². The number of nitrogens with zero attached hydrogens (tertiary/aromatic N) is 1. The molecule has 2 saturated heterocycles. The minimum Gasteiger partial charge on any atom is -0.468 e. The SMILES string of the molecule is O=S1(=O)C[C@H](NCC(c2ccco2)N2CCCC2)[C@@H](S(=O)(=O)c2ccc3c(c2)CCCC3)C1. The number of hydrogen-bond acceptors (Lipinski definition) is 7. The Bertz CT molecular complexity index is 1190. The number of fused-ring (bicyclic) bond motifs is 1. The Morgan fingerprint density at radius 3 is 2.52 bits per heavy atom. The summed E-state index contributed by atoms with van der Waals surface area (Å²) >= 11 is 0. The normalized spacial score (nSPS) is 26.3. The van der Waals surface area contributed by atoms with Crippen molar-refractivity contribution in [3.63, 3.8) is 0 Å². The summed E-state index contributed by atoms with van der Waals surface area (Å²) in [6.45, 7) is 2.35. The van der Waals surface area contributed by atoms with Gasteiger partial charge in [-0.1, -0.05) is 6.07 Å². The van der Waals surface area contributed by atoms with Gasteiger partial charge in [-0.05, 0) is 87.0 Å². The fraction of sp³-hybridized carbons (Fsp3) is 0.583. The first-order valence-corrected chi connectivity index (χ1v) is 15.3. The van der Waals surface area contributed by atoms with Gasteiger partial charge in [0, 0.05) is 12.6 Å². The van der Waals surface area contributed by atoms with E-state index in [9.17, 15) is 16.8 Å². The molecule has 0 radical (unpaired) electrons. The van der Waals surface area contributed by atoms with Gasteiger partial charge >= 0.3 is 0 Å². The molecule has 2 aromatic rings. The molecule has 1 unspecified atom stereocenters. The van der Waals surface area contributed by atoms with Gasteiger partial charge in [0.05, 0.1) is 34.0 Å². The number of hydrogen-bond donors (Lipinski definition) is 1. The molecule has 0 saturated carbocycles. The van der Waals surface area contributed by atoms with Crippen molar-refractivity contribution in [2.24, 2.45) is 0 Å². The van der Waals surface area contributed by atoms with Gasteiger partial charge in [0.15, 0.2) is 19.7 Å². The average molecular weight is 493 g/mol. The molecule has 180 valence electrons. The third-order valence-corrected chi connectivity index (χ3v) is 11.5. The zero-order chi connectivity index (χ0) is 23.1. The zero-order valence-electron chi connectivity index (χ0n) is 18.8. The van der Waals surface area contributed by atoms with Crippen LogP contribution in [0.4, 0.5) is 0 Å². The maximum Gasteiger partial charge on any atom is 0.183 e. The Morgan fingerprint density at radius 1 is 1.03 bits per heavy atom. The van der Waals surface area contributed by atoms with Crippen LogP contribution in [0.1, 0.15) is 48.6 Å². The molecule has 1 aromatic carbocycles. The molecule has 1 aliphatic carbocycles. The highest BCUT2D eigenvalue weighted by molar-refractivity contribution is 7.96. The predicted molar refractivity (Wildman–Crippen MR) is 127 cm³/mol. The molecule has 1 N–H and O–H groups in total. The highest BCUT2D eigenvalue weighted by Gasteiger charge is 2.46. The molecule has 2 fully saturated rings. The van der Waals surface area contributed by atoms with E-state index in [1.807, 2.05) is 18.2 Å². The third kappa shape index (κ3) is 4.78. The first-order chi connectivity index (χ1) is 15.8. The number of benzene rings is 1. The van der Waals surface area contributed by atoms with Crippen LogP contribution in [0.15, 0.2) is 45.9 Å². The fourth-order valence-corrected chi connectivity index (χ4v) is 10.3. The van der Waals surface area contributed by atoms with E-state index >= 15 is 0 Å². The summed E-state index contributed by atoms with van der Waals surface area (Å²) < 4.78 is 58.0. The molecule has 2 aliphatic heterocycles. The summed E-state index contributed by atoms with van der Waals surface area (Å²) in [5.41, 5.74) is 2.29. The Balaban J connectivity index is 1.38. The summed E-state index contributed by atoms with van der Waals surface area (Å²) in [5, 5.41) is 2.34. The van der Waals surface area contributed by atoms with Gasteiger partial charge in [0.2, 0.25) is 0 Å². The molecule has 0 spiro atoms. The van der Waals surface area contributed by atoms with Crippen LogP contribution in [0, 0.1) is 0 Å². The molecule has 3 aliphatic rings. The molecule has 1 aromatic heterocycles. The Hall–Kier alpha value is -1.68. The maximum atomic E-state index is 13.6. The second kappa shape index (κ2) is 9.17. The smallest absolute Gasteiger partial charge is 0.183 e. The van der Waals surface area contributed by atoms with Crippen LogP contribution in [0.5, 0.6) is 0 Å². The van der Waals surface area contributed by atoms with Crippen molar-refractivity contribution in [1.82, 2.24) is 10.2 Å². The first-order valence-electron chi connectivity index (χ1n) is 11.9. The Kier molecular flexibility index (Phi) is 6.41. The van der Waals surface area contributed by atoms with Gasteiger partial charge in [0.25, 0.3) is 0 Å². The van der Waals surface area contributed by atoms with Crippen molar-refractivity contribution >= 4 is 19.7 Å². The van der Waals surface area contributed by atoms with Crippen LogP contribution in [0.25, 0.3) is 0 Å². The predicted octanol–water partition coefficient (Wildman–Crippen LogP) is 2.52. The monoisotopic (exact) mass is 492 g/mol. The van der Waals surface area contributed by atoms with Crippen molar-refractivity contribution < 1.29 is 21.3 Å². The standard InChI is InChI=1S/C24H32N2O5S2/c27-32(28)16-21(25-15-22(23-8-5-13-31-23)26-11-3-4-12-26)24(17-32)33(29,30)20-10-9-18-6-1-2-7-19(18)14-20/h5,8-10,13-14,21-22,24-25H,1-4,6-7,11-12,15-17H2/t21-,22?,24-/m0/s1. The molecule has 5 rings (SSSR count). The van der Waals surface area contributed by atoms with Gasteiger partial charge in [0.1, 0.15) is 5.76 Å². The highest BCUT2D eigenvalue weighted by atomic mass is 32.2. The first kappa shape index (κ1) is 23.1. The number of aryl methyl sites for hydroxylation is 2. The topological polar surface area (TPSA) is 96.7 Å². The molecule has 0 bridgehead atoms. The number of likely N-dealkylation sites (tertiary alicyclic amines) is 1. The summed E-state index contributed by atoms with van der Waals surface area (Å²) in [5.74, 6) is 0.325. The summed E-state index contributed by atoms with van der Waals surface area (Å²) in [6, 6.07) is 8.44. The Labute approximate surface area is 196 Å². The maximum absolute atomic E-state index is 13.6. The number of sulfone groups is 2. The van der Waals surface area contributed by atoms with Crippen molar-refractivity contribution in [1.29, 1.82) is 0 Å². The summed E-state index contributed by atoms with van der Waals surface area (Å²) in [6.07, 6.45) is 7.91. The molecule has 9 heteroatoms. The minimum atomic E-state index is -3.79. The average Bonchev–Trinajstić information content (AvgIpc) is 3.56. The van der Waals surface area contributed by atoms with Crippen LogP contribution in [-0.2, 0) is 32.5 Å². The lowest BCUT2D eigenvalue weighted by molar-refractivity contribution is 0.206. The second-order valence-corrected chi connectivity index (χ2v) is 13.9. The van der Waals surface area contributed by atoms with Crippen molar-refractivity contribution in [2.75, 3.05) is 31.1 Å². The quantitative estimate of drug-likeness (QED) is 0.634. The van der Waals surface area contributed by atoms with Crippen LogP contribution in [0.2, 0.25) is 0 Å². The van der Waals surface area contributed by atoms with Gasteiger partial charge in [-0.3, -0.25) is 4.90 Å². The molecule has 0 amide bonds. The highest BCUT2D eigenvalue weighted by Crippen LogP contribution is 2.31. The van der Waals surface area contributed by atoms with Crippen molar-refractivity contribution in [3.8, 4) is 0 Å². The van der Waals surface area contributed by atoms with E-state index in [1.54, 1.807) is 18.4 Å². The molecular weight excluding hydrogens is 460 g/mol. The summed E-state index contributed by atoms with van der Waals surface area (Å²) in [7, 11) is -7.24. The van der Waals surface area contributed by atoms with E-state index in [-0.39, 0.29) is 22.4 Å². The van der Waals surface area contributed by atoms with Crippen molar-refractivity contribution in [2.45, 2.75) is 60.8 Å². The van der Waals surface area contributed by atoms with E-state index in [4.69, 9.17) is 4.42 Å². The molecule has 33 heavy (non-hydrogen) atoms. The summed E-state index contributed by atoms with van der Waals surface area (Å²) in [4.78, 5) is 2.57. The van der Waals surface area contributed by atoms with Gasteiger partial charge in [-0.25, -0.2) is 16.8 Å². The van der Waals surface area contributed by atoms with Gasteiger partial charge in [-0.15, -0.1) is 0 Å². The van der Waals surface area contributed by atoms with E-state index in [0.717, 1.165) is 62.9 Å².